The molecule has 0 saturated heterocycles. The van der Waals surface area contributed by atoms with Crippen molar-refractivity contribution in [2.24, 2.45) is 0 Å². The summed E-state index contributed by atoms with van der Waals surface area (Å²) in [7, 11) is 1.30. The molecule has 0 saturated carbocycles. The minimum Gasteiger partial charge on any atom is -0.465 e. The second kappa shape index (κ2) is 7.74. The van der Waals surface area contributed by atoms with Crippen LogP contribution < -0.4 is 10.6 Å². The summed E-state index contributed by atoms with van der Waals surface area (Å²) in [5, 5.41) is 5.05. The van der Waals surface area contributed by atoms with Gasteiger partial charge in [0.2, 0.25) is 0 Å². The first-order chi connectivity index (χ1) is 11.1. The van der Waals surface area contributed by atoms with Crippen molar-refractivity contribution < 1.29 is 18.7 Å². The maximum Gasteiger partial charge on any atom is 0.337 e. The first-order valence-electron chi connectivity index (χ1n) is 6.77. The molecular formula is C17H15FN2O3. The quantitative estimate of drug-likeness (QED) is 0.850. The summed E-state index contributed by atoms with van der Waals surface area (Å²) in [5.41, 5.74) is 1.27. The standard InChI is InChI=1S/C17H15FN2O3/c1-23-16(21)13-6-8-14(9-7-13)20-17(22)19-11-10-12-4-2-3-5-15(12)18/h2-11H,1H3,(H2,19,20,22)/b11-10+. The van der Waals surface area contributed by atoms with Crippen LogP contribution in [0.3, 0.4) is 0 Å². The van der Waals surface area contributed by atoms with Gasteiger partial charge in [-0.15, -0.1) is 0 Å². The number of rotatable bonds is 4. The molecule has 0 atom stereocenters. The van der Waals surface area contributed by atoms with E-state index in [2.05, 4.69) is 15.4 Å². The third kappa shape index (κ3) is 4.67. The van der Waals surface area contributed by atoms with Gasteiger partial charge in [-0.3, -0.25) is 0 Å². The monoisotopic (exact) mass is 314 g/mol. The van der Waals surface area contributed by atoms with Gasteiger partial charge in [-0.2, -0.15) is 0 Å². The normalized spacial score (nSPS) is 10.3. The lowest BCUT2D eigenvalue weighted by Crippen LogP contribution is -2.23. The highest BCUT2D eigenvalue weighted by Crippen LogP contribution is 2.10. The second-order valence-electron chi connectivity index (χ2n) is 4.52. The van der Waals surface area contributed by atoms with E-state index < -0.39 is 12.0 Å². The van der Waals surface area contributed by atoms with E-state index in [0.29, 0.717) is 16.8 Å². The van der Waals surface area contributed by atoms with E-state index in [1.807, 2.05) is 0 Å². The third-order valence-corrected chi connectivity index (χ3v) is 2.95. The fraction of sp³-hybridized carbons (Fsp3) is 0.0588. The van der Waals surface area contributed by atoms with Crippen molar-refractivity contribution in [1.29, 1.82) is 0 Å². The van der Waals surface area contributed by atoms with Crippen molar-refractivity contribution in [1.82, 2.24) is 5.32 Å². The Bertz CT molecular complexity index is 727. The Hall–Kier alpha value is -3.15. The van der Waals surface area contributed by atoms with Crippen LogP contribution in [0.15, 0.2) is 54.7 Å². The molecule has 0 aliphatic rings. The van der Waals surface area contributed by atoms with Gasteiger partial charge in [-0.05, 0) is 36.4 Å². The van der Waals surface area contributed by atoms with E-state index in [4.69, 9.17) is 0 Å². The summed E-state index contributed by atoms with van der Waals surface area (Å²) >= 11 is 0. The smallest absolute Gasteiger partial charge is 0.337 e. The van der Waals surface area contributed by atoms with Gasteiger partial charge in [0.15, 0.2) is 0 Å². The Balaban J connectivity index is 1.90. The van der Waals surface area contributed by atoms with Gasteiger partial charge in [0.25, 0.3) is 0 Å². The highest BCUT2D eigenvalue weighted by atomic mass is 19.1. The molecule has 0 aliphatic carbocycles. The molecule has 2 aromatic rings. The van der Waals surface area contributed by atoms with E-state index in [0.717, 1.165) is 0 Å². The van der Waals surface area contributed by atoms with Crippen LogP contribution in [0.5, 0.6) is 0 Å². The fourth-order valence-corrected chi connectivity index (χ4v) is 1.79. The van der Waals surface area contributed by atoms with Crippen molar-refractivity contribution >= 4 is 23.8 Å². The number of esters is 1. The van der Waals surface area contributed by atoms with Gasteiger partial charge in [-0.1, -0.05) is 18.2 Å². The summed E-state index contributed by atoms with van der Waals surface area (Å²) in [6, 6.07) is 12.0. The third-order valence-electron chi connectivity index (χ3n) is 2.95. The molecule has 0 aliphatic heterocycles. The first-order valence-corrected chi connectivity index (χ1v) is 6.77. The number of benzene rings is 2. The number of amides is 2. The van der Waals surface area contributed by atoms with Gasteiger partial charge in [0, 0.05) is 17.5 Å². The molecule has 2 rings (SSSR count). The van der Waals surface area contributed by atoms with Crippen molar-refractivity contribution in [3.05, 3.63) is 71.7 Å². The predicted molar refractivity (Wildman–Crippen MR) is 85.4 cm³/mol. The maximum atomic E-state index is 13.4. The van der Waals surface area contributed by atoms with Gasteiger partial charge in [0.1, 0.15) is 5.82 Å². The molecule has 2 amide bonds. The summed E-state index contributed by atoms with van der Waals surface area (Å²) < 4.78 is 18.0. The lowest BCUT2D eigenvalue weighted by Gasteiger charge is -2.05. The Kier molecular flexibility index (Phi) is 5.46. The number of urea groups is 1. The lowest BCUT2D eigenvalue weighted by atomic mass is 10.2. The van der Waals surface area contributed by atoms with E-state index in [9.17, 15) is 14.0 Å². The highest BCUT2D eigenvalue weighted by Gasteiger charge is 2.05. The molecule has 2 aromatic carbocycles. The minimum absolute atomic E-state index is 0.371. The van der Waals surface area contributed by atoms with Crippen LogP contribution in [0.1, 0.15) is 15.9 Å². The Morgan fingerprint density at radius 2 is 1.78 bits per heavy atom. The van der Waals surface area contributed by atoms with Crippen molar-refractivity contribution in [3.8, 4) is 0 Å². The average Bonchev–Trinajstić information content (AvgIpc) is 2.56. The van der Waals surface area contributed by atoms with Crippen molar-refractivity contribution in [3.63, 3.8) is 0 Å². The lowest BCUT2D eigenvalue weighted by molar-refractivity contribution is 0.0601. The number of ether oxygens (including phenoxy) is 1. The summed E-state index contributed by atoms with van der Waals surface area (Å²) in [4.78, 5) is 23.0. The van der Waals surface area contributed by atoms with Gasteiger partial charge in [0.05, 0.1) is 12.7 Å². The van der Waals surface area contributed by atoms with Gasteiger partial charge in [-0.25, -0.2) is 14.0 Å². The Morgan fingerprint density at radius 1 is 1.09 bits per heavy atom. The van der Waals surface area contributed by atoms with Crippen LogP contribution in [-0.2, 0) is 4.74 Å². The zero-order valence-electron chi connectivity index (χ0n) is 12.4. The molecule has 23 heavy (non-hydrogen) atoms. The fourth-order valence-electron chi connectivity index (χ4n) is 1.79. The number of anilines is 1. The predicted octanol–water partition coefficient (Wildman–Crippen LogP) is 3.40. The van der Waals surface area contributed by atoms with E-state index in [-0.39, 0.29) is 5.82 Å². The van der Waals surface area contributed by atoms with Crippen LogP contribution in [0.2, 0.25) is 0 Å². The van der Waals surface area contributed by atoms with Crippen LogP contribution in [0, 0.1) is 5.82 Å². The number of nitrogens with one attached hydrogen (secondary N) is 2. The van der Waals surface area contributed by atoms with Crippen LogP contribution in [0.4, 0.5) is 14.9 Å². The zero-order valence-corrected chi connectivity index (χ0v) is 12.4. The Morgan fingerprint density at radius 3 is 2.43 bits per heavy atom. The maximum absolute atomic E-state index is 13.4. The largest absolute Gasteiger partial charge is 0.465 e. The number of hydrogen-bond donors (Lipinski definition) is 2. The summed E-state index contributed by atoms with van der Waals surface area (Å²) in [5.74, 6) is -0.821. The number of hydrogen-bond acceptors (Lipinski definition) is 3. The second-order valence-corrected chi connectivity index (χ2v) is 4.52. The van der Waals surface area contributed by atoms with E-state index in [1.165, 1.54) is 37.6 Å². The molecule has 0 heterocycles. The highest BCUT2D eigenvalue weighted by molar-refractivity contribution is 5.92. The van der Waals surface area contributed by atoms with Gasteiger partial charge >= 0.3 is 12.0 Å². The molecular weight excluding hydrogens is 299 g/mol. The van der Waals surface area contributed by atoms with Crippen LogP contribution in [0.25, 0.3) is 6.08 Å². The molecule has 6 heteroatoms. The molecule has 0 unspecified atom stereocenters. The summed E-state index contributed by atoms with van der Waals surface area (Å²) in [6.45, 7) is 0. The number of carbonyl (C=O) groups is 2. The van der Waals surface area contributed by atoms with E-state index >= 15 is 0 Å². The summed E-state index contributed by atoms with van der Waals surface area (Å²) in [6.07, 6.45) is 2.80. The molecule has 0 bridgehead atoms. The van der Waals surface area contributed by atoms with E-state index in [1.54, 1.807) is 30.3 Å². The van der Waals surface area contributed by atoms with Gasteiger partial charge < -0.3 is 15.4 Å². The molecule has 0 fully saturated rings. The zero-order chi connectivity index (χ0) is 16.7. The topological polar surface area (TPSA) is 67.4 Å². The first kappa shape index (κ1) is 16.2. The van der Waals surface area contributed by atoms with Crippen LogP contribution in [-0.4, -0.2) is 19.1 Å². The van der Waals surface area contributed by atoms with Crippen molar-refractivity contribution in [2.75, 3.05) is 12.4 Å². The number of halogens is 1. The molecule has 0 aromatic heterocycles. The average molecular weight is 314 g/mol. The molecule has 2 N–H and O–H groups in total. The number of carbonyl (C=O) groups excluding carboxylic acids is 2. The minimum atomic E-state index is -0.483. The Labute approximate surface area is 132 Å². The number of methoxy groups -OCH3 is 1. The molecule has 0 radical (unpaired) electrons. The SMILES string of the molecule is COC(=O)c1ccc(NC(=O)N/C=C/c2ccccc2F)cc1. The van der Waals surface area contributed by atoms with Crippen LogP contribution >= 0.6 is 0 Å². The molecule has 118 valence electrons. The molecule has 0 spiro atoms. The molecule has 5 nitrogen and oxygen atoms in total. The van der Waals surface area contributed by atoms with Crippen molar-refractivity contribution in [2.45, 2.75) is 0 Å².